The number of ether oxygens (including phenoxy) is 1. The molecule has 0 fully saturated rings. The van der Waals surface area contributed by atoms with E-state index in [2.05, 4.69) is 23.6 Å². The number of amides is 2. The number of benzene rings is 1. The summed E-state index contributed by atoms with van der Waals surface area (Å²) < 4.78 is 5.44. The molecular weight excluding hydrogens is 408 g/mol. The van der Waals surface area contributed by atoms with Crippen molar-refractivity contribution in [2.45, 2.75) is 46.1 Å². The van der Waals surface area contributed by atoms with Crippen LogP contribution in [0.1, 0.15) is 55.7 Å². The highest BCUT2D eigenvalue weighted by Gasteiger charge is 2.33. The fourth-order valence-corrected chi connectivity index (χ4v) is 5.01. The third-order valence-electron chi connectivity index (χ3n) is 5.58. The highest BCUT2D eigenvalue weighted by molar-refractivity contribution is 7.10. The number of hydrogen-bond donors (Lipinski definition) is 0. The van der Waals surface area contributed by atoms with Crippen molar-refractivity contribution in [2.24, 2.45) is 5.92 Å². The van der Waals surface area contributed by atoms with Crippen molar-refractivity contribution in [1.82, 2.24) is 9.80 Å². The van der Waals surface area contributed by atoms with Gasteiger partial charge in [-0.25, -0.2) is 0 Å². The van der Waals surface area contributed by atoms with E-state index >= 15 is 0 Å². The van der Waals surface area contributed by atoms with Gasteiger partial charge in [0.05, 0.1) is 12.6 Å². The van der Waals surface area contributed by atoms with E-state index in [9.17, 15) is 9.59 Å². The number of fused-ring (bicyclic) bond motifs is 1. The standard InChI is InChI=1S/C25H34N2O3S/c1-4-30-15-8-13-26(23(28)17-19(2)3)18-24(29)27-14-11-22-21(12-16-31-22)25(27)20-9-6-5-7-10-20/h5-7,9-10,12,16,19,25H,4,8,11,13-15,17-18H2,1-3H3. The molecule has 5 nitrogen and oxygen atoms in total. The number of rotatable bonds is 10. The molecular formula is C25H34N2O3S. The Hall–Kier alpha value is -2.18. The lowest BCUT2D eigenvalue weighted by Crippen LogP contribution is -2.47. The van der Waals surface area contributed by atoms with Crippen LogP contribution in [0.5, 0.6) is 0 Å². The first-order valence-electron chi connectivity index (χ1n) is 11.3. The molecule has 0 N–H and O–H groups in total. The first kappa shape index (κ1) is 23.5. The summed E-state index contributed by atoms with van der Waals surface area (Å²) >= 11 is 1.76. The molecule has 0 radical (unpaired) electrons. The van der Waals surface area contributed by atoms with Gasteiger partial charge < -0.3 is 14.5 Å². The van der Waals surface area contributed by atoms with Gasteiger partial charge in [-0.1, -0.05) is 44.2 Å². The largest absolute Gasteiger partial charge is 0.382 e. The zero-order valence-corrected chi connectivity index (χ0v) is 19.7. The minimum atomic E-state index is -0.0887. The first-order valence-corrected chi connectivity index (χ1v) is 12.1. The monoisotopic (exact) mass is 442 g/mol. The van der Waals surface area contributed by atoms with Gasteiger partial charge in [-0.05, 0) is 48.3 Å². The molecule has 3 rings (SSSR count). The van der Waals surface area contributed by atoms with Gasteiger partial charge in [0.2, 0.25) is 11.8 Å². The van der Waals surface area contributed by atoms with Gasteiger partial charge in [0.25, 0.3) is 0 Å². The molecule has 2 amide bonds. The lowest BCUT2D eigenvalue weighted by Gasteiger charge is -2.37. The van der Waals surface area contributed by atoms with Crippen molar-refractivity contribution in [2.75, 3.05) is 32.8 Å². The van der Waals surface area contributed by atoms with Crippen LogP contribution in [0.4, 0.5) is 0 Å². The maximum Gasteiger partial charge on any atom is 0.242 e. The lowest BCUT2D eigenvalue weighted by molar-refractivity contribution is -0.142. The van der Waals surface area contributed by atoms with E-state index in [4.69, 9.17) is 4.74 Å². The average molecular weight is 443 g/mol. The Bertz CT molecular complexity index is 849. The van der Waals surface area contributed by atoms with Gasteiger partial charge in [-0.3, -0.25) is 9.59 Å². The van der Waals surface area contributed by atoms with Crippen LogP contribution < -0.4 is 0 Å². The van der Waals surface area contributed by atoms with E-state index in [1.165, 1.54) is 10.4 Å². The molecule has 2 aromatic rings. The summed E-state index contributed by atoms with van der Waals surface area (Å²) in [4.78, 5) is 31.4. The normalized spacial score (nSPS) is 15.7. The van der Waals surface area contributed by atoms with Crippen LogP contribution in [0.2, 0.25) is 0 Å². The Balaban J connectivity index is 1.78. The number of nitrogens with zero attached hydrogens (tertiary/aromatic N) is 2. The predicted molar refractivity (Wildman–Crippen MR) is 125 cm³/mol. The summed E-state index contributed by atoms with van der Waals surface area (Å²) in [5.74, 6) is 0.320. The van der Waals surface area contributed by atoms with Gasteiger partial charge in [-0.2, -0.15) is 0 Å². The third-order valence-corrected chi connectivity index (χ3v) is 6.58. The fourth-order valence-electron chi connectivity index (χ4n) is 4.11. The topological polar surface area (TPSA) is 49.9 Å². The fraction of sp³-hybridized carbons (Fsp3) is 0.520. The SMILES string of the molecule is CCOCCCN(CC(=O)N1CCc2sccc2C1c1ccccc1)C(=O)CC(C)C. The van der Waals surface area contributed by atoms with Crippen LogP contribution in [-0.2, 0) is 20.7 Å². The second-order valence-electron chi connectivity index (χ2n) is 8.41. The Morgan fingerprint density at radius 1 is 1.23 bits per heavy atom. The average Bonchev–Trinajstić information content (AvgIpc) is 3.24. The van der Waals surface area contributed by atoms with Gasteiger partial charge in [0.15, 0.2) is 0 Å². The molecule has 1 aliphatic heterocycles. The Kier molecular flexibility index (Phi) is 8.67. The molecule has 0 spiro atoms. The van der Waals surface area contributed by atoms with Crippen LogP contribution in [0.15, 0.2) is 41.8 Å². The molecule has 1 aromatic carbocycles. The minimum absolute atomic E-state index is 0.0132. The van der Waals surface area contributed by atoms with Crippen LogP contribution in [-0.4, -0.2) is 54.5 Å². The molecule has 168 valence electrons. The molecule has 1 aromatic heterocycles. The molecule has 6 heteroatoms. The van der Waals surface area contributed by atoms with Crippen LogP contribution in [0.25, 0.3) is 0 Å². The summed E-state index contributed by atoms with van der Waals surface area (Å²) in [5.41, 5.74) is 2.33. The van der Waals surface area contributed by atoms with Gasteiger partial charge in [0, 0.05) is 37.6 Å². The molecule has 2 heterocycles. The van der Waals surface area contributed by atoms with Gasteiger partial charge >= 0.3 is 0 Å². The number of carbonyl (C=O) groups is 2. The van der Waals surface area contributed by atoms with Gasteiger partial charge in [0.1, 0.15) is 0 Å². The molecule has 0 saturated carbocycles. The molecule has 0 aliphatic carbocycles. The minimum Gasteiger partial charge on any atom is -0.382 e. The van der Waals surface area contributed by atoms with Crippen LogP contribution in [0.3, 0.4) is 0 Å². The first-order chi connectivity index (χ1) is 15.0. The van der Waals surface area contributed by atoms with Crippen molar-refractivity contribution < 1.29 is 14.3 Å². The number of hydrogen-bond acceptors (Lipinski definition) is 4. The Morgan fingerprint density at radius 2 is 2.00 bits per heavy atom. The number of carbonyl (C=O) groups excluding carboxylic acids is 2. The quantitative estimate of drug-likeness (QED) is 0.508. The summed E-state index contributed by atoms with van der Waals surface area (Å²) in [6, 6.07) is 12.3. The Morgan fingerprint density at radius 3 is 2.71 bits per heavy atom. The van der Waals surface area contributed by atoms with Crippen molar-refractivity contribution >= 4 is 23.2 Å². The predicted octanol–water partition coefficient (Wildman–Crippen LogP) is 4.52. The van der Waals surface area contributed by atoms with Crippen LogP contribution in [0, 0.1) is 5.92 Å². The van der Waals surface area contributed by atoms with E-state index in [1.54, 1.807) is 16.2 Å². The molecule has 0 bridgehead atoms. The van der Waals surface area contributed by atoms with E-state index in [0.29, 0.717) is 32.7 Å². The molecule has 0 saturated heterocycles. The highest BCUT2D eigenvalue weighted by Crippen LogP contribution is 2.37. The highest BCUT2D eigenvalue weighted by atomic mass is 32.1. The van der Waals surface area contributed by atoms with Crippen molar-refractivity contribution in [3.8, 4) is 0 Å². The van der Waals surface area contributed by atoms with Crippen molar-refractivity contribution in [3.63, 3.8) is 0 Å². The second-order valence-corrected chi connectivity index (χ2v) is 9.41. The lowest BCUT2D eigenvalue weighted by atomic mass is 9.93. The smallest absolute Gasteiger partial charge is 0.242 e. The molecule has 1 unspecified atom stereocenters. The Labute approximate surface area is 190 Å². The van der Waals surface area contributed by atoms with E-state index in [1.807, 2.05) is 43.9 Å². The third kappa shape index (κ3) is 6.17. The van der Waals surface area contributed by atoms with E-state index in [0.717, 1.165) is 18.4 Å². The van der Waals surface area contributed by atoms with E-state index in [-0.39, 0.29) is 30.3 Å². The van der Waals surface area contributed by atoms with Gasteiger partial charge in [-0.15, -0.1) is 11.3 Å². The van der Waals surface area contributed by atoms with Crippen LogP contribution >= 0.6 is 11.3 Å². The van der Waals surface area contributed by atoms with E-state index < -0.39 is 0 Å². The molecule has 1 aliphatic rings. The molecule has 31 heavy (non-hydrogen) atoms. The van der Waals surface area contributed by atoms with Crippen molar-refractivity contribution in [1.29, 1.82) is 0 Å². The zero-order valence-electron chi connectivity index (χ0n) is 18.9. The summed E-state index contributed by atoms with van der Waals surface area (Å²) in [6.45, 7) is 8.64. The summed E-state index contributed by atoms with van der Waals surface area (Å²) in [5, 5.41) is 2.11. The van der Waals surface area contributed by atoms with Crippen molar-refractivity contribution in [3.05, 3.63) is 57.8 Å². The maximum atomic E-state index is 13.5. The summed E-state index contributed by atoms with van der Waals surface area (Å²) in [6.07, 6.45) is 2.06. The number of thiophene rings is 1. The second kappa shape index (κ2) is 11.4. The zero-order chi connectivity index (χ0) is 22.2. The maximum absolute atomic E-state index is 13.5. The molecule has 1 atom stereocenters. The summed E-state index contributed by atoms with van der Waals surface area (Å²) in [7, 11) is 0.